The Balaban J connectivity index is 1.68. The Kier molecular flexibility index (Phi) is 5.53. The molecule has 0 saturated carbocycles. The molecule has 2 heterocycles. The lowest BCUT2D eigenvalue weighted by Gasteiger charge is -2.25. The summed E-state index contributed by atoms with van der Waals surface area (Å²) in [6.45, 7) is 0.355. The lowest BCUT2D eigenvalue weighted by Crippen LogP contribution is -2.23. The van der Waals surface area contributed by atoms with E-state index in [2.05, 4.69) is 20.9 Å². The van der Waals surface area contributed by atoms with E-state index in [1.165, 1.54) is 0 Å². The highest BCUT2D eigenvalue weighted by atomic mass is 79.9. The maximum Gasteiger partial charge on any atom is 0.166 e. The van der Waals surface area contributed by atoms with Crippen LogP contribution in [0.25, 0.3) is 16.8 Å². The fraction of sp³-hybridized carbons (Fsp3) is 0.240. The molecule has 0 amide bonds. The molecule has 0 bridgehead atoms. The van der Waals surface area contributed by atoms with Gasteiger partial charge in [-0.25, -0.2) is 9.50 Å². The molecule has 0 aliphatic heterocycles. The fourth-order valence-electron chi connectivity index (χ4n) is 4.52. The molecule has 0 spiro atoms. The summed E-state index contributed by atoms with van der Waals surface area (Å²) in [4.78, 5) is 17.8. The van der Waals surface area contributed by atoms with Gasteiger partial charge in [0.2, 0.25) is 0 Å². The van der Waals surface area contributed by atoms with Crippen molar-refractivity contribution < 1.29 is 14.3 Å². The first-order valence-corrected chi connectivity index (χ1v) is 11.2. The number of para-hydroxylation sites is 1. The van der Waals surface area contributed by atoms with Crippen LogP contribution in [0.5, 0.6) is 5.75 Å². The molecule has 0 fully saturated rings. The van der Waals surface area contributed by atoms with Crippen LogP contribution in [0.2, 0.25) is 0 Å². The molecule has 162 valence electrons. The number of halogens is 1. The van der Waals surface area contributed by atoms with Gasteiger partial charge in [0.1, 0.15) is 5.75 Å². The minimum atomic E-state index is 0.0166. The highest BCUT2D eigenvalue weighted by Crippen LogP contribution is 2.38. The lowest BCUT2D eigenvalue weighted by atomic mass is 9.81. The monoisotopic (exact) mass is 491 g/mol. The minimum Gasteiger partial charge on any atom is -0.496 e. The van der Waals surface area contributed by atoms with Crippen LogP contribution in [-0.2, 0) is 17.8 Å². The molecule has 7 heteroatoms. The summed E-state index contributed by atoms with van der Waals surface area (Å²) in [6.07, 6.45) is 2.80. The van der Waals surface area contributed by atoms with Crippen molar-refractivity contribution in [1.29, 1.82) is 0 Å². The summed E-state index contributed by atoms with van der Waals surface area (Å²) in [5.74, 6) is 0.892. The number of carbonyl (C=O) groups is 1. The lowest BCUT2D eigenvalue weighted by molar-refractivity contribution is 0.0961. The number of nitrogens with zero attached hydrogens (tertiary/aromatic N) is 3. The molecule has 0 radical (unpaired) electrons. The van der Waals surface area contributed by atoms with Gasteiger partial charge in [0, 0.05) is 30.1 Å². The van der Waals surface area contributed by atoms with Gasteiger partial charge in [-0.05, 0) is 35.7 Å². The van der Waals surface area contributed by atoms with Gasteiger partial charge in [-0.15, -0.1) is 0 Å². The number of hydrogen-bond donors (Lipinski definition) is 0. The standard InChI is InChI=1S/C25H22BrN3O3/c1-31-14-20-24(15-7-9-17(26)10-8-15)25-27-13-19-21(29(25)28-20)11-16(12-22(19)30)18-5-3-4-6-23(18)32-2/h3-10,13,16H,11-12,14H2,1-2H3. The van der Waals surface area contributed by atoms with E-state index in [9.17, 15) is 4.79 Å². The number of hydrogen-bond acceptors (Lipinski definition) is 5. The Bertz CT molecular complexity index is 1310. The molecule has 1 atom stereocenters. The maximum atomic E-state index is 13.1. The van der Waals surface area contributed by atoms with Gasteiger partial charge in [-0.2, -0.15) is 5.10 Å². The average Bonchev–Trinajstić information content (AvgIpc) is 3.18. The summed E-state index contributed by atoms with van der Waals surface area (Å²) in [6, 6.07) is 16.0. The summed E-state index contributed by atoms with van der Waals surface area (Å²) in [5.41, 5.74) is 6.01. The average molecular weight is 492 g/mol. The molecule has 4 aromatic rings. The molecule has 6 nitrogen and oxygen atoms in total. The van der Waals surface area contributed by atoms with Crippen molar-refractivity contribution in [1.82, 2.24) is 14.6 Å². The van der Waals surface area contributed by atoms with Crippen LogP contribution in [-0.4, -0.2) is 34.6 Å². The molecule has 5 rings (SSSR count). The highest BCUT2D eigenvalue weighted by Gasteiger charge is 2.31. The largest absolute Gasteiger partial charge is 0.496 e. The topological polar surface area (TPSA) is 65.7 Å². The molecule has 0 N–H and O–H groups in total. The Morgan fingerprint density at radius 3 is 2.62 bits per heavy atom. The van der Waals surface area contributed by atoms with Crippen molar-refractivity contribution in [2.24, 2.45) is 0 Å². The Morgan fingerprint density at radius 1 is 1.09 bits per heavy atom. The van der Waals surface area contributed by atoms with E-state index in [0.29, 0.717) is 25.0 Å². The van der Waals surface area contributed by atoms with Crippen LogP contribution in [0.4, 0.5) is 0 Å². The van der Waals surface area contributed by atoms with Crippen LogP contribution < -0.4 is 4.74 Å². The second-order valence-electron chi connectivity index (χ2n) is 7.89. The van der Waals surface area contributed by atoms with E-state index < -0.39 is 0 Å². The second-order valence-corrected chi connectivity index (χ2v) is 8.80. The smallest absolute Gasteiger partial charge is 0.166 e. The van der Waals surface area contributed by atoms with Gasteiger partial charge in [0.25, 0.3) is 0 Å². The Morgan fingerprint density at radius 2 is 1.88 bits per heavy atom. The van der Waals surface area contributed by atoms with E-state index in [1.807, 2.05) is 53.0 Å². The third kappa shape index (κ3) is 3.51. The third-order valence-corrected chi connectivity index (χ3v) is 6.51. The van der Waals surface area contributed by atoms with Gasteiger partial charge in [0.15, 0.2) is 11.4 Å². The number of rotatable bonds is 5. The number of ketones is 1. The number of Topliss-reactive ketones (excluding diaryl/α,β-unsaturated/α-hetero) is 1. The summed E-state index contributed by atoms with van der Waals surface area (Å²) >= 11 is 3.50. The van der Waals surface area contributed by atoms with Crippen molar-refractivity contribution in [3.63, 3.8) is 0 Å². The number of carbonyl (C=O) groups excluding carboxylic acids is 1. The summed E-state index contributed by atoms with van der Waals surface area (Å²) in [5, 5.41) is 4.85. The SMILES string of the molecule is COCc1nn2c3c(cnc2c1-c1ccc(Br)cc1)C(=O)CC(c1ccccc1OC)C3. The molecule has 0 saturated heterocycles. The van der Waals surface area contributed by atoms with Gasteiger partial charge in [0.05, 0.1) is 36.2 Å². The number of ether oxygens (including phenoxy) is 2. The molecule has 1 aliphatic rings. The van der Waals surface area contributed by atoms with Crippen LogP contribution in [0.3, 0.4) is 0 Å². The molecule has 2 aromatic heterocycles. The quantitative estimate of drug-likeness (QED) is 0.382. The normalized spacial score (nSPS) is 15.7. The second kappa shape index (κ2) is 8.48. The zero-order chi connectivity index (χ0) is 22.2. The van der Waals surface area contributed by atoms with E-state index in [0.717, 1.165) is 43.9 Å². The highest BCUT2D eigenvalue weighted by molar-refractivity contribution is 9.10. The molecular formula is C25H22BrN3O3. The predicted octanol–water partition coefficient (Wildman–Crippen LogP) is 5.23. The van der Waals surface area contributed by atoms with Crippen molar-refractivity contribution >= 4 is 27.4 Å². The van der Waals surface area contributed by atoms with Crippen molar-refractivity contribution in [2.75, 3.05) is 14.2 Å². The zero-order valence-corrected chi connectivity index (χ0v) is 19.4. The molecule has 1 aliphatic carbocycles. The Labute approximate surface area is 194 Å². The zero-order valence-electron chi connectivity index (χ0n) is 17.8. The van der Waals surface area contributed by atoms with Crippen molar-refractivity contribution in [3.8, 4) is 16.9 Å². The van der Waals surface area contributed by atoms with Gasteiger partial charge >= 0.3 is 0 Å². The van der Waals surface area contributed by atoms with E-state index in [1.54, 1.807) is 20.4 Å². The van der Waals surface area contributed by atoms with Crippen molar-refractivity contribution in [3.05, 3.63) is 81.7 Å². The van der Waals surface area contributed by atoms with Gasteiger partial charge < -0.3 is 9.47 Å². The first-order valence-electron chi connectivity index (χ1n) is 10.4. The van der Waals surface area contributed by atoms with Gasteiger partial charge in [-0.1, -0.05) is 46.3 Å². The number of fused-ring (bicyclic) bond motifs is 3. The minimum absolute atomic E-state index is 0.0166. The fourth-order valence-corrected chi connectivity index (χ4v) is 4.78. The maximum absolute atomic E-state index is 13.1. The first-order chi connectivity index (χ1) is 15.6. The molecular weight excluding hydrogens is 470 g/mol. The number of aromatic nitrogens is 3. The Hall–Kier alpha value is -3.03. The number of benzene rings is 2. The van der Waals surface area contributed by atoms with Crippen LogP contribution in [0, 0.1) is 0 Å². The predicted molar refractivity (Wildman–Crippen MR) is 125 cm³/mol. The van der Waals surface area contributed by atoms with Gasteiger partial charge in [-0.3, -0.25) is 4.79 Å². The van der Waals surface area contributed by atoms with Crippen LogP contribution >= 0.6 is 15.9 Å². The number of methoxy groups -OCH3 is 2. The summed E-state index contributed by atoms with van der Waals surface area (Å²) < 4.78 is 13.8. The first kappa shape index (κ1) is 20.8. The van der Waals surface area contributed by atoms with Crippen molar-refractivity contribution in [2.45, 2.75) is 25.4 Å². The molecule has 2 aromatic carbocycles. The molecule has 32 heavy (non-hydrogen) atoms. The molecule has 1 unspecified atom stereocenters. The van der Waals surface area contributed by atoms with E-state index in [-0.39, 0.29) is 11.7 Å². The van der Waals surface area contributed by atoms with Crippen LogP contribution in [0.15, 0.2) is 59.2 Å². The summed E-state index contributed by atoms with van der Waals surface area (Å²) in [7, 11) is 3.31. The van der Waals surface area contributed by atoms with E-state index >= 15 is 0 Å². The third-order valence-electron chi connectivity index (χ3n) is 5.98. The van der Waals surface area contributed by atoms with Crippen LogP contribution in [0.1, 0.15) is 39.6 Å². The van der Waals surface area contributed by atoms with E-state index in [4.69, 9.17) is 14.6 Å².